The SMILES string of the molecule is CC1CCC(CCNc2nc3ccc(N)cc3s2)CC1. The topological polar surface area (TPSA) is 50.9 Å². The van der Waals surface area contributed by atoms with Gasteiger partial charge >= 0.3 is 0 Å². The zero-order chi connectivity index (χ0) is 13.9. The van der Waals surface area contributed by atoms with Gasteiger partial charge in [0.2, 0.25) is 0 Å². The minimum Gasteiger partial charge on any atom is -0.399 e. The van der Waals surface area contributed by atoms with Gasteiger partial charge in [-0.05, 0) is 36.5 Å². The first-order valence-electron chi connectivity index (χ1n) is 7.60. The van der Waals surface area contributed by atoms with E-state index in [1.54, 1.807) is 11.3 Å². The van der Waals surface area contributed by atoms with E-state index < -0.39 is 0 Å². The van der Waals surface area contributed by atoms with E-state index in [4.69, 9.17) is 5.73 Å². The molecular formula is C16H23N3S. The van der Waals surface area contributed by atoms with Gasteiger partial charge in [0.05, 0.1) is 10.2 Å². The molecule has 1 heterocycles. The summed E-state index contributed by atoms with van der Waals surface area (Å²) in [7, 11) is 0. The molecule has 3 N–H and O–H groups in total. The van der Waals surface area contributed by atoms with E-state index >= 15 is 0 Å². The van der Waals surface area contributed by atoms with Gasteiger partial charge in [-0.15, -0.1) is 0 Å². The number of anilines is 2. The molecule has 0 atom stereocenters. The van der Waals surface area contributed by atoms with Crippen LogP contribution in [0, 0.1) is 11.8 Å². The number of nitrogens with one attached hydrogen (secondary N) is 1. The third kappa shape index (κ3) is 3.23. The highest BCUT2D eigenvalue weighted by Gasteiger charge is 2.17. The van der Waals surface area contributed by atoms with E-state index in [-0.39, 0.29) is 0 Å². The van der Waals surface area contributed by atoms with Crippen molar-refractivity contribution in [2.75, 3.05) is 17.6 Å². The Balaban J connectivity index is 1.52. The van der Waals surface area contributed by atoms with Crippen LogP contribution < -0.4 is 11.1 Å². The van der Waals surface area contributed by atoms with Gasteiger partial charge in [0.15, 0.2) is 5.13 Å². The Morgan fingerprint density at radius 3 is 2.90 bits per heavy atom. The number of benzene rings is 1. The van der Waals surface area contributed by atoms with Gasteiger partial charge in [-0.1, -0.05) is 43.9 Å². The molecule has 0 spiro atoms. The van der Waals surface area contributed by atoms with E-state index in [0.29, 0.717) is 0 Å². The van der Waals surface area contributed by atoms with E-state index in [2.05, 4.69) is 17.2 Å². The Hall–Kier alpha value is -1.29. The maximum atomic E-state index is 5.80. The van der Waals surface area contributed by atoms with Gasteiger partial charge in [0, 0.05) is 12.2 Å². The van der Waals surface area contributed by atoms with Crippen molar-refractivity contribution < 1.29 is 0 Å². The van der Waals surface area contributed by atoms with Crippen molar-refractivity contribution >= 4 is 32.4 Å². The van der Waals surface area contributed by atoms with Crippen LogP contribution in [-0.2, 0) is 0 Å². The van der Waals surface area contributed by atoms with Crippen LogP contribution >= 0.6 is 11.3 Å². The first kappa shape index (κ1) is 13.7. The van der Waals surface area contributed by atoms with Crippen molar-refractivity contribution in [2.45, 2.75) is 39.0 Å². The summed E-state index contributed by atoms with van der Waals surface area (Å²) in [6.45, 7) is 3.41. The predicted octanol–water partition coefficient (Wildman–Crippen LogP) is 4.51. The standard InChI is InChI=1S/C16H23N3S/c1-11-2-4-12(5-3-11)8-9-18-16-19-14-7-6-13(17)10-15(14)20-16/h6-7,10-12H,2-5,8-9,17H2,1H3,(H,18,19). The molecule has 0 bridgehead atoms. The van der Waals surface area contributed by atoms with E-state index in [1.807, 2.05) is 18.2 Å². The minimum absolute atomic E-state index is 0.809. The van der Waals surface area contributed by atoms with Crippen LogP contribution in [0.15, 0.2) is 18.2 Å². The van der Waals surface area contributed by atoms with Crippen molar-refractivity contribution in [1.82, 2.24) is 4.98 Å². The molecule has 0 saturated heterocycles. The summed E-state index contributed by atoms with van der Waals surface area (Å²) < 4.78 is 1.17. The van der Waals surface area contributed by atoms with Crippen molar-refractivity contribution in [1.29, 1.82) is 0 Å². The molecule has 4 heteroatoms. The predicted molar refractivity (Wildman–Crippen MR) is 88.3 cm³/mol. The number of nitrogens with two attached hydrogens (primary N) is 1. The molecule has 0 radical (unpaired) electrons. The van der Waals surface area contributed by atoms with Gasteiger partial charge in [0.25, 0.3) is 0 Å². The minimum atomic E-state index is 0.809. The number of nitrogen functional groups attached to an aromatic ring is 1. The van der Waals surface area contributed by atoms with Gasteiger partial charge in [-0.2, -0.15) is 0 Å². The molecular weight excluding hydrogens is 266 g/mol. The monoisotopic (exact) mass is 289 g/mol. The van der Waals surface area contributed by atoms with Crippen LogP contribution in [-0.4, -0.2) is 11.5 Å². The van der Waals surface area contributed by atoms with Gasteiger partial charge in [0.1, 0.15) is 0 Å². The molecule has 3 rings (SSSR count). The van der Waals surface area contributed by atoms with Crippen LogP contribution in [0.25, 0.3) is 10.2 Å². The molecule has 1 saturated carbocycles. The van der Waals surface area contributed by atoms with Crippen LogP contribution in [0.2, 0.25) is 0 Å². The molecule has 1 aromatic heterocycles. The lowest BCUT2D eigenvalue weighted by Crippen LogP contribution is -2.15. The molecule has 0 aliphatic heterocycles. The zero-order valence-electron chi connectivity index (χ0n) is 12.1. The number of hydrogen-bond donors (Lipinski definition) is 2. The number of rotatable bonds is 4. The fourth-order valence-corrected chi connectivity index (χ4v) is 3.96. The first-order chi connectivity index (χ1) is 9.70. The van der Waals surface area contributed by atoms with Crippen LogP contribution in [0.1, 0.15) is 39.0 Å². The summed E-state index contributed by atoms with van der Waals surface area (Å²) >= 11 is 1.70. The Morgan fingerprint density at radius 2 is 2.10 bits per heavy atom. The number of fused-ring (bicyclic) bond motifs is 1. The Morgan fingerprint density at radius 1 is 1.30 bits per heavy atom. The maximum Gasteiger partial charge on any atom is 0.183 e. The van der Waals surface area contributed by atoms with Crippen molar-refractivity contribution in [2.24, 2.45) is 11.8 Å². The molecule has 1 aliphatic rings. The smallest absolute Gasteiger partial charge is 0.183 e. The van der Waals surface area contributed by atoms with Gasteiger partial charge < -0.3 is 11.1 Å². The van der Waals surface area contributed by atoms with Crippen molar-refractivity contribution in [3.8, 4) is 0 Å². The molecule has 3 nitrogen and oxygen atoms in total. The lowest BCUT2D eigenvalue weighted by atomic mass is 9.81. The first-order valence-corrected chi connectivity index (χ1v) is 8.42. The summed E-state index contributed by atoms with van der Waals surface area (Å²) in [6.07, 6.45) is 6.89. The normalized spacial score (nSPS) is 23.1. The highest BCUT2D eigenvalue weighted by atomic mass is 32.1. The van der Waals surface area contributed by atoms with E-state index in [9.17, 15) is 0 Å². The van der Waals surface area contributed by atoms with Crippen LogP contribution in [0.3, 0.4) is 0 Å². The van der Waals surface area contributed by atoms with Crippen molar-refractivity contribution in [3.63, 3.8) is 0 Å². The summed E-state index contributed by atoms with van der Waals surface area (Å²) in [6, 6.07) is 5.91. The number of nitrogens with zero attached hydrogens (tertiary/aromatic N) is 1. The van der Waals surface area contributed by atoms with Gasteiger partial charge in [-0.25, -0.2) is 4.98 Å². The van der Waals surface area contributed by atoms with Crippen molar-refractivity contribution in [3.05, 3.63) is 18.2 Å². The quantitative estimate of drug-likeness (QED) is 0.814. The number of thiazole rings is 1. The van der Waals surface area contributed by atoms with Crippen LogP contribution in [0.4, 0.5) is 10.8 Å². The zero-order valence-corrected chi connectivity index (χ0v) is 12.9. The van der Waals surface area contributed by atoms with Gasteiger partial charge in [-0.3, -0.25) is 0 Å². The summed E-state index contributed by atoms with van der Waals surface area (Å²) in [5.74, 6) is 1.85. The maximum absolute atomic E-state index is 5.80. The molecule has 108 valence electrons. The van der Waals surface area contributed by atoms with Crippen LogP contribution in [0.5, 0.6) is 0 Å². The Labute approximate surface area is 124 Å². The lowest BCUT2D eigenvalue weighted by molar-refractivity contribution is 0.282. The second-order valence-corrected chi connectivity index (χ2v) is 7.12. The third-order valence-electron chi connectivity index (χ3n) is 4.38. The Bertz CT molecular complexity index is 570. The molecule has 2 aromatic rings. The molecule has 1 aromatic carbocycles. The highest BCUT2D eigenvalue weighted by Crippen LogP contribution is 2.31. The van der Waals surface area contributed by atoms with E-state index in [0.717, 1.165) is 34.7 Å². The van der Waals surface area contributed by atoms with E-state index in [1.165, 1.54) is 36.8 Å². The second-order valence-electron chi connectivity index (χ2n) is 6.09. The molecule has 0 amide bonds. The summed E-state index contributed by atoms with van der Waals surface area (Å²) in [5, 5.41) is 4.50. The summed E-state index contributed by atoms with van der Waals surface area (Å²) in [4.78, 5) is 4.60. The average Bonchev–Trinajstić information content (AvgIpc) is 2.83. The second kappa shape index (κ2) is 6.00. The highest BCUT2D eigenvalue weighted by molar-refractivity contribution is 7.22. The number of aromatic nitrogens is 1. The third-order valence-corrected chi connectivity index (χ3v) is 5.35. The lowest BCUT2D eigenvalue weighted by Gasteiger charge is -2.26. The Kier molecular flexibility index (Phi) is 4.10. The summed E-state index contributed by atoms with van der Waals surface area (Å²) in [5.41, 5.74) is 7.65. The largest absolute Gasteiger partial charge is 0.399 e. The molecule has 0 unspecified atom stereocenters. The fourth-order valence-electron chi connectivity index (χ4n) is 3.02. The molecule has 1 fully saturated rings. The molecule has 1 aliphatic carbocycles. The average molecular weight is 289 g/mol. The molecule has 20 heavy (non-hydrogen) atoms. The number of hydrogen-bond acceptors (Lipinski definition) is 4. The fraction of sp³-hybridized carbons (Fsp3) is 0.562.